The van der Waals surface area contributed by atoms with Gasteiger partial charge in [0, 0.05) is 5.38 Å². The van der Waals surface area contributed by atoms with Gasteiger partial charge in [0.2, 0.25) is 5.13 Å². The van der Waals surface area contributed by atoms with Gasteiger partial charge in [-0.2, -0.15) is 4.99 Å². The molecule has 0 spiro atoms. The van der Waals surface area contributed by atoms with Crippen LogP contribution in [0.15, 0.2) is 10.4 Å². The highest BCUT2D eigenvalue weighted by atomic mass is 32.2. The molecule has 5 heteroatoms. The van der Waals surface area contributed by atoms with Crippen LogP contribution in [0.2, 0.25) is 0 Å². The number of amidine groups is 1. The van der Waals surface area contributed by atoms with Crippen LogP contribution in [-0.4, -0.2) is 16.4 Å². The lowest BCUT2D eigenvalue weighted by atomic mass is 10.6. The fourth-order valence-electron chi connectivity index (χ4n) is 0.533. The van der Waals surface area contributed by atoms with Gasteiger partial charge in [-0.25, -0.2) is 4.98 Å². The first-order valence-corrected chi connectivity index (χ1v) is 5.13. The maximum Gasteiger partial charge on any atom is 0.211 e. The van der Waals surface area contributed by atoms with Crippen LogP contribution in [0, 0.1) is 6.92 Å². The summed E-state index contributed by atoms with van der Waals surface area (Å²) in [4.78, 5) is 8.20. The van der Waals surface area contributed by atoms with Crippen LogP contribution in [-0.2, 0) is 0 Å². The van der Waals surface area contributed by atoms with Crippen molar-refractivity contribution in [3.8, 4) is 0 Å². The Balaban J connectivity index is 2.78. The minimum atomic E-state index is 0.555. The third kappa shape index (κ3) is 2.51. The highest BCUT2D eigenvalue weighted by molar-refractivity contribution is 8.13. The van der Waals surface area contributed by atoms with Crippen LogP contribution in [0.3, 0.4) is 0 Å². The Morgan fingerprint density at radius 2 is 2.55 bits per heavy atom. The second-order valence-electron chi connectivity index (χ2n) is 1.93. The van der Waals surface area contributed by atoms with Gasteiger partial charge in [-0.05, 0) is 13.2 Å². The first-order valence-electron chi connectivity index (χ1n) is 3.02. The number of nitrogens with zero attached hydrogens (tertiary/aromatic N) is 2. The van der Waals surface area contributed by atoms with Crippen LogP contribution in [0.4, 0.5) is 5.13 Å². The summed E-state index contributed by atoms with van der Waals surface area (Å²) in [5, 5.41) is 3.24. The van der Waals surface area contributed by atoms with Crippen molar-refractivity contribution >= 4 is 33.4 Å². The van der Waals surface area contributed by atoms with Gasteiger partial charge < -0.3 is 5.73 Å². The van der Waals surface area contributed by atoms with Crippen molar-refractivity contribution < 1.29 is 0 Å². The zero-order chi connectivity index (χ0) is 8.27. The largest absolute Gasteiger partial charge is 0.378 e. The molecule has 0 aliphatic carbocycles. The molecule has 11 heavy (non-hydrogen) atoms. The number of thiazole rings is 1. The minimum absolute atomic E-state index is 0.555. The Morgan fingerprint density at radius 1 is 1.82 bits per heavy atom. The Labute approximate surface area is 73.7 Å². The van der Waals surface area contributed by atoms with E-state index in [0.717, 1.165) is 10.8 Å². The lowest BCUT2D eigenvalue weighted by Gasteiger charge is -1.89. The average Bonchev–Trinajstić information content (AvgIpc) is 2.35. The molecule has 0 radical (unpaired) electrons. The van der Waals surface area contributed by atoms with Crippen molar-refractivity contribution in [1.82, 2.24) is 4.98 Å². The van der Waals surface area contributed by atoms with E-state index >= 15 is 0 Å². The van der Waals surface area contributed by atoms with Gasteiger partial charge >= 0.3 is 0 Å². The molecule has 0 bridgehead atoms. The first kappa shape index (κ1) is 8.55. The molecule has 0 saturated carbocycles. The maximum atomic E-state index is 5.49. The highest BCUT2D eigenvalue weighted by Crippen LogP contribution is 2.18. The number of rotatable bonds is 1. The fraction of sp³-hybridized carbons (Fsp3) is 0.333. The molecule has 0 amide bonds. The monoisotopic (exact) mass is 187 g/mol. The normalized spacial score (nSPS) is 12.0. The summed E-state index contributed by atoms with van der Waals surface area (Å²) in [6, 6.07) is 0. The van der Waals surface area contributed by atoms with Crippen molar-refractivity contribution in [2.45, 2.75) is 6.92 Å². The zero-order valence-electron chi connectivity index (χ0n) is 6.37. The summed E-state index contributed by atoms with van der Waals surface area (Å²) in [5.41, 5.74) is 6.48. The molecule has 1 aromatic heterocycles. The number of hydrogen-bond acceptors (Lipinski definition) is 4. The summed E-state index contributed by atoms with van der Waals surface area (Å²) < 4.78 is 0. The molecule has 2 N–H and O–H groups in total. The lowest BCUT2D eigenvalue weighted by Crippen LogP contribution is -2.03. The van der Waals surface area contributed by atoms with Crippen molar-refractivity contribution in [2.75, 3.05) is 6.26 Å². The van der Waals surface area contributed by atoms with Gasteiger partial charge in [0.25, 0.3) is 0 Å². The molecule has 1 rings (SSSR count). The third-order valence-corrected chi connectivity index (χ3v) is 2.38. The van der Waals surface area contributed by atoms with Gasteiger partial charge in [0.1, 0.15) is 0 Å². The van der Waals surface area contributed by atoms with Crippen molar-refractivity contribution in [3.05, 3.63) is 11.1 Å². The van der Waals surface area contributed by atoms with Crippen LogP contribution in [0.5, 0.6) is 0 Å². The molecule has 1 heterocycles. The first-order chi connectivity index (χ1) is 5.22. The molecule has 0 saturated heterocycles. The molecule has 1 aromatic rings. The summed E-state index contributed by atoms with van der Waals surface area (Å²) in [5.74, 6) is 0. The molecule has 0 aliphatic rings. The van der Waals surface area contributed by atoms with Gasteiger partial charge in [-0.3, -0.25) is 0 Å². The van der Waals surface area contributed by atoms with Crippen LogP contribution >= 0.6 is 23.1 Å². The molecular formula is C6H9N3S2. The molecule has 0 atom stereocenters. The van der Waals surface area contributed by atoms with E-state index in [-0.39, 0.29) is 0 Å². The van der Waals surface area contributed by atoms with Gasteiger partial charge in [-0.1, -0.05) is 11.8 Å². The summed E-state index contributed by atoms with van der Waals surface area (Å²) in [7, 11) is 0. The number of aromatic nitrogens is 1. The van der Waals surface area contributed by atoms with Gasteiger partial charge in [0.05, 0.1) is 5.69 Å². The zero-order valence-corrected chi connectivity index (χ0v) is 8.00. The minimum Gasteiger partial charge on any atom is -0.378 e. The third-order valence-electron chi connectivity index (χ3n) is 1.02. The van der Waals surface area contributed by atoms with E-state index in [0.29, 0.717) is 5.17 Å². The quantitative estimate of drug-likeness (QED) is 0.538. The lowest BCUT2D eigenvalue weighted by molar-refractivity contribution is 1.24. The number of nitrogens with two attached hydrogens (primary N) is 1. The molecule has 0 aromatic carbocycles. The van der Waals surface area contributed by atoms with Crippen molar-refractivity contribution in [2.24, 2.45) is 10.7 Å². The van der Waals surface area contributed by atoms with E-state index in [2.05, 4.69) is 9.98 Å². The number of hydrogen-bond donors (Lipinski definition) is 1. The molecule has 60 valence electrons. The number of aliphatic imine (C=N–C) groups is 1. The molecule has 0 aliphatic heterocycles. The highest BCUT2D eigenvalue weighted by Gasteiger charge is 1.95. The van der Waals surface area contributed by atoms with E-state index in [9.17, 15) is 0 Å². The summed E-state index contributed by atoms with van der Waals surface area (Å²) >= 11 is 2.92. The number of aryl methyl sites for hydroxylation is 1. The van der Waals surface area contributed by atoms with E-state index in [1.54, 1.807) is 0 Å². The standard InChI is InChI=1S/C6H9N3S2/c1-4-3-11-6(8-4)9-5(7)10-2/h3H,1-2H3,(H2,7,8,9). The number of thioether (sulfide) groups is 1. The van der Waals surface area contributed by atoms with Crippen LogP contribution in [0.1, 0.15) is 5.69 Å². The average molecular weight is 187 g/mol. The Hall–Kier alpha value is -0.550. The van der Waals surface area contributed by atoms with E-state index in [1.807, 2.05) is 18.6 Å². The predicted molar refractivity (Wildman–Crippen MR) is 51.6 cm³/mol. The Kier molecular flexibility index (Phi) is 2.90. The second-order valence-corrected chi connectivity index (χ2v) is 3.59. The smallest absolute Gasteiger partial charge is 0.211 e. The topological polar surface area (TPSA) is 51.3 Å². The van der Waals surface area contributed by atoms with Gasteiger partial charge in [-0.15, -0.1) is 11.3 Å². The fourth-order valence-corrected chi connectivity index (χ4v) is 1.44. The van der Waals surface area contributed by atoms with E-state index in [4.69, 9.17) is 5.73 Å². The molecular weight excluding hydrogens is 178 g/mol. The molecule has 0 fully saturated rings. The summed E-state index contributed by atoms with van der Waals surface area (Å²) in [6.07, 6.45) is 1.89. The Bertz CT molecular complexity index is 267. The van der Waals surface area contributed by atoms with Crippen LogP contribution < -0.4 is 5.73 Å². The molecule has 3 nitrogen and oxygen atoms in total. The van der Waals surface area contributed by atoms with E-state index in [1.165, 1.54) is 23.1 Å². The Morgan fingerprint density at radius 3 is 3.00 bits per heavy atom. The second kappa shape index (κ2) is 3.73. The van der Waals surface area contributed by atoms with Crippen molar-refractivity contribution in [3.63, 3.8) is 0 Å². The summed E-state index contributed by atoms with van der Waals surface area (Å²) in [6.45, 7) is 1.94. The van der Waals surface area contributed by atoms with E-state index < -0.39 is 0 Å². The predicted octanol–water partition coefficient (Wildman–Crippen LogP) is 1.76. The van der Waals surface area contributed by atoms with Crippen molar-refractivity contribution in [1.29, 1.82) is 0 Å². The van der Waals surface area contributed by atoms with Crippen LogP contribution in [0.25, 0.3) is 0 Å². The maximum absolute atomic E-state index is 5.49. The SMILES string of the molecule is CSC(N)=Nc1nc(C)cs1. The molecule has 0 unspecified atom stereocenters. The van der Waals surface area contributed by atoms with Gasteiger partial charge in [0.15, 0.2) is 5.17 Å².